The molecule has 2 aromatic rings. The maximum atomic E-state index is 6.19. The van der Waals surface area contributed by atoms with Gasteiger partial charge in [-0.2, -0.15) is 0 Å². The van der Waals surface area contributed by atoms with Crippen LogP contribution in [0.3, 0.4) is 0 Å². The quantitative estimate of drug-likeness (QED) is 0.851. The van der Waals surface area contributed by atoms with E-state index in [1.807, 2.05) is 0 Å². The van der Waals surface area contributed by atoms with Crippen molar-refractivity contribution in [3.8, 4) is 5.75 Å². The van der Waals surface area contributed by atoms with Gasteiger partial charge in [0, 0.05) is 22.1 Å². The van der Waals surface area contributed by atoms with E-state index >= 15 is 0 Å². The summed E-state index contributed by atoms with van der Waals surface area (Å²) in [5.74, 6) is 0.952. The lowest BCUT2D eigenvalue weighted by Crippen LogP contribution is -2.24. The summed E-state index contributed by atoms with van der Waals surface area (Å²) < 4.78 is 5.47. The first-order valence-electron chi connectivity index (χ1n) is 6.05. The maximum absolute atomic E-state index is 6.19. The molecule has 0 amide bonds. The number of benzene rings is 1. The molecular weight excluding hydrogens is 212 g/mol. The summed E-state index contributed by atoms with van der Waals surface area (Å²) >= 11 is 0. The number of ether oxygens (including phenoxy) is 1. The summed E-state index contributed by atoms with van der Waals surface area (Å²) in [5, 5.41) is 1.20. The molecule has 0 unspecified atom stereocenters. The minimum absolute atomic E-state index is 0.0165. The zero-order chi connectivity index (χ0) is 12.0. The number of methoxy groups -OCH3 is 1. The van der Waals surface area contributed by atoms with E-state index in [4.69, 9.17) is 10.5 Å². The van der Waals surface area contributed by atoms with Crippen molar-refractivity contribution in [3.05, 3.63) is 29.5 Å². The third kappa shape index (κ3) is 1.91. The maximum Gasteiger partial charge on any atom is 0.122 e. The van der Waals surface area contributed by atoms with E-state index in [0.29, 0.717) is 0 Å². The molecule has 0 saturated heterocycles. The molecular formula is C14H18N2O. The number of aromatic amines is 1. The molecule has 0 atom stereocenters. The first-order chi connectivity index (χ1) is 8.09. The largest absolute Gasteiger partial charge is 0.496 e. The van der Waals surface area contributed by atoms with Crippen LogP contribution in [0.5, 0.6) is 5.75 Å². The van der Waals surface area contributed by atoms with Crippen molar-refractivity contribution >= 4 is 10.9 Å². The molecule has 17 heavy (non-hydrogen) atoms. The van der Waals surface area contributed by atoms with Gasteiger partial charge >= 0.3 is 0 Å². The van der Waals surface area contributed by atoms with E-state index in [2.05, 4.69) is 30.1 Å². The molecule has 1 heterocycles. The van der Waals surface area contributed by atoms with Gasteiger partial charge in [0.1, 0.15) is 5.75 Å². The monoisotopic (exact) mass is 230 g/mol. The third-order valence-electron chi connectivity index (χ3n) is 3.59. The lowest BCUT2D eigenvalue weighted by molar-refractivity contribution is 0.408. The molecule has 1 fully saturated rings. The molecule has 1 aliphatic rings. The Morgan fingerprint density at radius 2 is 2.12 bits per heavy atom. The summed E-state index contributed by atoms with van der Waals surface area (Å²) in [4.78, 5) is 3.36. The Morgan fingerprint density at radius 1 is 1.35 bits per heavy atom. The fourth-order valence-electron chi connectivity index (χ4n) is 2.39. The van der Waals surface area contributed by atoms with Gasteiger partial charge in [0.05, 0.1) is 7.11 Å². The second-order valence-corrected chi connectivity index (χ2v) is 5.24. The molecule has 90 valence electrons. The smallest absolute Gasteiger partial charge is 0.122 e. The van der Waals surface area contributed by atoms with Crippen molar-refractivity contribution in [3.63, 3.8) is 0 Å². The van der Waals surface area contributed by atoms with Crippen molar-refractivity contribution in [1.29, 1.82) is 0 Å². The number of rotatable bonds is 3. The minimum Gasteiger partial charge on any atom is -0.496 e. The van der Waals surface area contributed by atoms with E-state index in [-0.39, 0.29) is 5.54 Å². The zero-order valence-electron chi connectivity index (χ0n) is 10.3. The van der Waals surface area contributed by atoms with E-state index in [9.17, 15) is 0 Å². The van der Waals surface area contributed by atoms with Crippen molar-refractivity contribution in [2.45, 2.75) is 31.7 Å². The summed E-state index contributed by atoms with van der Waals surface area (Å²) in [6.45, 7) is 2.07. The Balaban J connectivity index is 2.07. The Morgan fingerprint density at radius 3 is 2.76 bits per heavy atom. The molecule has 0 bridgehead atoms. The van der Waals surface area contributed by atoms with Gasteiger partial charge in [-0.25, -0.2) is 0 Å². The van der Waals surface area contributed by atoms with E-state index < -0.39 is 0 Å². The van der Waals surface area contributed by atoms with Gasteiger partial charge in [-0.15, -0.1) is 0 Å². The molecule has 1 saturated carbocycles. The van der Waals surface area contributed by atoms with E-state index in [0.717, 1.165) is 25.0 Å². The number of hydrogen-bond donors (Lipinski definition) is 2. The topological polar surface area (TPSA) is 51.0 Å². The fraction of sp³-hybridized carbons (Fsp3) is 0.429. The third-order valence-corrected chi connectivity index (χ3v) is 3.59. The highest BCUT2D eigenvalue weighted by Crippen LogP contribution is 2.38. The number of fused-ring (bicyclic) bond motifs is 1. The molecule has 3 nitrogen and oxygen atoms in total. The summed E-state index contributed by atoms with van der Waals surface area (Å²) in [7, 11) is 1.72. The van der Waals surface area contributed by atoms with Crippen LogP contribution in [0.25, 0.3) is 10.9 Å². The van der Waals surface area contributed by atoms with E-state index in [1.54, 1.807) is 7.11 Å². The molecule has 3 heteroatoms. The number of nitrogens with one attached hydrogen (secondary N) is 1. The average molecular weight is 230 g/mol. The summed E-state index contributed by atoms with van der Waals surface area (Å²) in [5.41, 5.74) is 9.76. The normalized spacial score (nSPS) is 17.4. The van der Waals surface area contributed by atoms with Gasteiger partial charge < -0.3 is 15.5 Å². The SMILES string of the molecule is COc1cc2cc(C)[nH]c2cc1CC1(N)CC1. The van der Waals surface area contributed by atoms with Crippen LogP contribution in [-0.2, 0) is 6.42 Å². The van der Waals surface area contributed by atoms with Crippen LogP contribution in [-0.4, -0.2) is 17.6 Å². The molecule has 1 aromatic heterocycles. The van der Waals surface area contributed by atoms with Gasteiger partial charge in [0.15, 0.2) is 0 Å². The predicted octanol–water partition coefficient (Wildman–Crippen LogP) is 2.52. The van der Waals surface area contributed by atoms with Crippen LogP contribution in [0.4, 0.5) is 0 Å². The van der Waals surface area contributed by atoms with Crippen LogP contribution >= 0.6 is 0 Å². The highest BCUT2D eigenvalue weighted by atomic mass is 16.5. The molecule has 1 aromatic carbocycles. The van der Waals surface area contributed by atoms with Crippen LogP contribution in [0.1, 0.15) is 24.1 Å². The molecule has 0 aliphatic heterocycles. The van der Waals surface area contributed by atoms with Gasteiger partial charge in [-0.05, 0) is 49.9 Å². The van der Waals surface area contributed by atoms with Crippen molar-refractivity contribution < 1.29 is 4.74 Å². The number of hydrogen-bond acceptors (Lipinski definition) is 2. The van der Waals surface area contributed by atoms with Crippen LogP contribution in [0, 0.1) is 6.92 Å². The highest BCUT2D eigenvalue weighted by molar-refractivity contribution is 5.83. The van der Waals surface area contributed by atoms with Gasteiger partial charge in [-0.1, -0.05) is 0 Å². The Labute approximate surface area is 101 Å². The number of nitrogens with two attached hydrogens (primary N) is 1. The molecule has 0 radical (unpaired) electrons. The van der Waals surface area contributed by atoms with Gasteiger partial charge in [0.2, 0.25) is 0 Å². The first kappa shape index (κ1) is 10.7. The predicted molar refractivity (Wildman–Crippen MR) is 69.4 cm³/mol. The summed E-state index contributed by atoms with van der Waals surface area (Å²) in [6, 6.07) is 6.41. The van der Waals surface area contributed by atoms with Crippen LogP contribution < -0.4 is 10.5 Å². The molecule has 3 rings (SSSR count). The standard InChI is InChI=1S/C14H18N2O/c1-9-5-10-7-13(17-2)11(6-12(10)16-9)8-14(15)3-4-14/h5-7,16H,3-4,8,15H2,1-2H3. The number of aryl methyl sites for hydroxylation is 1. The lowest BCUT2D eigenvalue weighted by atomic mass is 10.0. The Kier molecular flexibility index (Phi) is 2.20. The number of H-pyrrole nitrogens is 1. The van der Waals surface area contributed by atoms with Crippen LogP contribution in [0.2, 0.25) is 0 Å². The highest BCUT2D eigenvalue weighted by Gasteiger charge is 2.38. The van der Waals surface area contributed by atoms with Crippen molar-refractivity contribution in [1.82, 2.24) is 4.98 Å². The number of aromatic nitrogens is 1. The second-order valence-electron chi connectivity index (χ2n) is 5.24. The van der Waals surface area contributed by atoms with Crippen molar-refractivity contribution in [2.24, 2.45) is 5.73 Å². The minimum atomic E-state index is 0.0165. The molecule has 1 aliphatic carbocycles. The molecule has 0 spiro atoms. The summed E-state index contributed by atoms with van der Waals surface area (Å²) in [6.07, 6.45) is 3.15. The van der Waals surface area contributed by atoms with Crippen LogP contribution in [0.15, 0.2) is 18.2 Å². The van der Waals surface area contributed by atoms with E-state index in [1.165, 1.54) is 22.2 Å². The van der Waals surface area contributed by atoms with Crippen molar-refractivity contribution in [2.75, 3.05) is 7.11 Å². The Bertz CT molecular complexity index is 567. The molecule has 3 N–H and O–H groups in total. The fourth-order valence-corrected chi connectivity index (χ4v) is 2.39. The zero-order valence-corrected chi connectivity index (χ0v) is 10.3. The second kappa shape index (κ2) is 3.50. The lowest BCUT2D eigenvalue weighted by Gasteiger charge is -2.13. The Hall–Kier alpha value is -1.48. The van der Waals surface area contributed by atoms with Gasteiger partial charge in [0.25, 0.3) is 0 Å². The average Bonchev–Trinajstić information content (AvgIpc) is 2.88. The first-order valence-corrected chi connectivity index (χ1v) is 6.05. The van der Waals surface area contributed by atoms with Gasteiger partial charge in [-0.3, -0.25) is 0 Å².